The van der Waals surface area contributed by atoms with Gasteiger partial charge in [-0.3, -0.25) is 4.79 Å². The van der Waals surface area contributed by atoms with Gasteiger partial charge in [0.2, 0.25) is 12.7 Å². The molecule has 0 atom stereocenters. The molecule has 0 heterocycles. The first-order valence-corrected chi connectivity index (χ1v) is 13.2. The number of aryl methyl sites for hydroxylation is 6. The van der Waals surface area contributed by atoms with Gasteiger partial charge < -0.3 is 4.57 Å². The Labute approximate surface area is 204 Å². The molecule has 0 saturated carbocycles. The molecule has 0 aromatic heterocycles. The zero-order chi connectivity index (χ0) is 24.9. The van der Waals surface area contributed by atoms with Gasteiger partial charge in [0.25, 0.3) is 0 Å². The summed E-state index contributed by atoms with van der Waals surface area (Å²) < 4.78 is 14.2. The first-order valence-electron chi connectivity index (χ1n) is 11.5. The van der Waals surface area contributed by atoms with Crippen LogP contribution in [0.1, 0.15) is 43.7 Å². The molecule has 0 aliphatic rings. The fourth-order valence-electron chi connectivity index (χ4n) is 4.54. The summed E-state index contributed by atoms with van der Waals surface area (Å²) in [6.07, 6.45) is 0. The second-order valence-corrected chi connectivity index (χ2v) is 11.7. The molecule has 0 saturated heterocycles. The monoisotopic (exact) mass is 468 g/mol. The van der Waals surface area contributed by atoms with Crippen LogP contribution in [-0.4, -0.2) is 5.52 Å². The Bertz CT molecular complexity index is 1220. The average Bonchev–Trinajstić information content (AvgIpc) is 2.78. The Kier molecular flexibility index (Phi) is 8.07. The smallest absolute Gasteiger partial charge is 0.230 e. The molecule has 0 radical (unpaired) electrons. The molecule has 4 aromatic rings. The maximum Gasteiger partial charge on any atom is 0.230 e. The summed E-state index contributed by atoms with van der Waals surface area (Å²) >= 11 is 0. The topological polar surface area (TPSA) is 34.1 Å². The summed E-state index contributed by atoms with van der Waals surface area (Å²) in [6, 6.07) is 28.7. The van der Waals surface area contributed by atoms with E-state index in [9.17, 15) is 9.36 Å². The average molecular weight is 469 g/mol. The van der Waals surface area contributed by atoms with Crippen molar-refractivity contribution in [1.82, 2.24) is 0 Å². The fourth-order valence-corrected chi connectivity index (χ4v) is 7.16. The lowest BCUT2D eigenvalue weighted by atomic mass is 10.0. The van der Waals surface area contributed by atoms with Gasteiger partial charge >= 0.3 is 0 Å². The third kappa shape index (κ3) is 5.64. The molecular formula is C31H33O2P. The second-order valence-electron chi connectivity index (χ2n) is 9.02. The van der Waals surface area contributed by atoms with Crippen molar-refractivity contribution in [2.45, 2.75) is 41.5 Å². The van der Waals surface area contributed by atoms with Crippen molar-refractivity contribution in [3.8, 4) is 0 Å². The van der Waals surface area contributed by atoms with E-state index in [0.717, 1.165) is 16.7 Å². The Morgan fingerprint density at radius 3 is 1.21 bits per heavy atom. The van der Waals surface area contributed by atoms with E-state index in [-0.39, 0.29) is 5.52 Å². The largest absolute Gasteiger partial charge is 0.305 e. The van der Waals surface area contributed by atoms with Crippen LogP contribution in [0.2, 0.25) is 0 Å². The van der Waals surface area contributed by atoms with Gasteiger partial charge in [-0.2, -0.15) is 0 Å². The molecule has 0 unspecified atom stereocenters. The molecule has 0 bridgehead atoms. The molecule has 0 N–H and O–H groups in total. The number of hydrogen-bond donors (Lipinski definition) is 0. The third-order valence-corrected chi connectivity index (χ3v) is 8.63. The van der Waals surface area contributed by atoms with E-state index in [0.29, 0.717) is 16.2 Å². The maximum atomic E-state index is 14.2. The molecule has 0 aliphatic heterocycles. The lowest BCUT2D eigenvalue weighted by molar-refractivity contribution is 0.107. The number of benzene rings is 4. The molecule has 0 amide bonds. The lowest BCUT2D eigenvalue weighted by Crippen LogP contribution is -2.23. The van der Waals surface area contributed by atoms with Crippen LogP contribution in [0.3, 0.4) is 0 Å². The first-order chi connectivity index (χ1) is 16.1. The quantitative estimate of drug-likeness (QED) is 0.293. The highest BCUT2D eigenvalue weighted by Crippen LogP contribution is 2.47. The summed E-state index contributed by atoms with van der Waals surface area (Å²) in [5.74, 6) is 0. The van der Waals surface area contributed by atoms with Gasteiger partial charge in [-0.05, 0) is 52.7 Å². The molecule has 0 aliphatic carbocycles. The molecule has 3 heteroatoms. The predicted molar refractivity (Wildman–Crippen MR) is 145 cm³/mol. The van der Waals surface area contributed by atoms with Crippen molar-refractivity contribution in [2.24, 2.45) is 0 Å². The van der Waals surface area contributed by atoms with Crippen LogP contribution in [0, 0.1) is 41.5 Å². The van der Waals surface area contributed by atoms with Gasteiger partial charge in [-0.15, -0.1) is 0 Å². The summed E-state index contributed by atoms with van der Waals surface area (Å²) in [6.45, 7) is 12.2. The summed E-state index contributed by atoms with van der Waals surface area (Å²) in [5.41, 5.74) is 7.18. The van der Waals surface area contributed by atoms with Gasteiger partial charge in [0.15, 0.2) is 0 Å². The Morgan fingerprint density at radius 1 is 0.529 bits per heavy atom. The highest BCUT2D eigenvalue weighted by atomic mass is 31.2. The van der Waals surface area contributed by atoms with Crippen LogP contribution in [0.5, 0.6) is 0 Å². The number of carbonyl (C=O) groups excluding carboxylic acids is 1. The fraction of sp³-hybridized carbons (Fsp3) is 0.194. The molecule has 0 spiro atoms. The van der Waals surface area contributed by atoms with Gasteiger partial charge in [0.05, 0.1) is 0 Å². The van der Waals surface area contributed by atoms with Crippen molar-refractivity contribution in [2.75, 3.05) is 0 Å². The Balaban J connectivity index is 0.000000302. The van der Waals surface area contributed by atoms with Crippen molar-refractivity contribution in [3.05, 3.63) is 130 Å². The zero-order valence-corrected chi connectivity index (χ0v) is 21.8. The van der Waals surface area contributed by atoms with E-state index in [1.54, 1.807) is 24.3 Å². The third-order valence-electron chi connectivity index (χ3n) is 5.78. The minimum Gasteiger partial charge on any atom is -0.305 e. The molecule has 4 rings (SSSR count). The SMILES string of the molecule is Cc1cc(C)c(C(=O)P(=O)(c2ccccc2)c2ccccc2)c(C)c1.Cc1cc(C)cc(C)c1. The van der Waals surface area contributed by atoms with Crippen LogP contribution in [0.4, 0.5) is 0 Å². The maximum absolute atomic E-state index is 14.2. The zero-order valence-electron chi connectivity index (χ0n) is 20.9. The minimum atomic E-state index is -3.44. The van der Waals surface area contributed by atoms with Crippen molar-refractivity contribution >= 4 is 23.3 Å². The van der Waals surface area contributed by atoms with Gasteiger partial charge in [-0.1, -0.05) is 113 Å². The molecule has 174 valence electrons. The standard InChI is InChI=1S/C22H21O2P.C9H12/c1-16-14-17(2)21(18(3)15-16)22(23)25(24,19-10-6-4-7-11-19)20-12-8-5-9-13-20;1-7-4-8(2)6-9(3)5-7/h4-15H,1-3H3;4-6H,1-3H3. The number of carbonyl (C=O) groups is 1. The summed E-state index contributed by atoms with van der Waals surface area (Å²) in [7, 11) is -3.44. The van der Waals surface area contributed by atoms with Crippen LogP contribution < -0.4 is 10.6 Å². The molecule has 0 fully saturated rings. The van der Waals surface area contributed by atoms with E-state index in [1.807, 2.05) is 69.3 Å². The summed E-state index contributed by atoms with van der Waals surface area (Å²) in [4.78, 5) is 13.6. The highest BCUT2D eigenvalue weighted by Gasteiger charge is 2.37. The number of rotatable bonds is 4. The van der Waals surface area contributed by atoms with E-state index >= 15 is 0 Å². The predicted octanol–water partition coefficient (Wildman–Crippen LogP) is 7.38. The Morgan fingerprint density at radius 2 is 0.853 bits per heavy atom. The normalized spacial score (nSPS) is 10.9. The van der Waals surface area contributed by atoms with Crippen LogP contribution in [0.15, 0.2) is 91.0 Å². The highest BCUT2D eigenvalue weighted by molar-refractivity contribution is 7.93. The van der Waals surface area contributed by atoms with E-state index < -0.39 is 7.14 Å². The second kappa shape index (κ2) is 10.8. The van der Waals surface area contributed by atoms with E-state index in [4.69, 9.17) is 0 Å². The van der Waals surface area contributed by atoms with Crippen molar-refractivity contribution < 1.29 is 9.36 Å². The number of hydrogen-bond acceptors (Lipinski definition) is 2. The van der Waals surface area contributed by atoms with Crippen LogP contribution in [0.25, 0.3) is 0 Å². The minimum absolute atomic E-state index is 0.292. The van der Waals surface area contributed by atoms with Crippen LogP contribution in [-0.2, 0) is 4.57 Å². The first kappa shape index (κ1) is 25.4. The van der Waals surface area contributed by atoms with Crippen molar-refractivity contribution in [3.63, 3.8) is 0 Å². The molecule has 4 aromatic carbocycles. The molecular weight excluding hydrogens is 435 g/mol. The van der Waals surface area contributed by atoms with Gasteiger partial charge in [0, 0.05) is 16.2 Å². The van der Waals surface area contributed by atoms with Gasteiger partial charge in [0.1, 0.15) is 0 Å². The van der Waals surface area contributed by atoms with E-state index in [2.05, 4.69) is 39.0 Å². The van der Waals surface area contributed by atoms with E-state index in [1.165, 1.54) is 16.7 Å². The Hall–Kier alpha value is -3.22. The lowest BCUT2D eigenvalue weighted by Gasteiger charge is -2.20. The van der Waals surface area contributed by atoms with Crippen molar-refractivity contribution in [1.29, 1.82) is 0 Å². The molecule has 2 nitrogen and oxygen atoms in total. The molecule has 34 heavy (non-hydrogen) atoms. The van der Waals surface area contributed by atoms with Gasteiger partial charge in [-0.25, -0.2) is 0 Å². The van der Waals surface area contributed by atoms with Crippen LogP contribution >= 0.6 is 7.14 Å². The summed E-state index contributed by atoms with van der Waals surface area (Å²) in [5, 5.41) is 1.15.